The van der Waals surface area contributed by atoms with Crippen LogP contribution in [0.1, 0.15) is 40.0 Å². The maximum atomic E-state index is 11.6. The predicted octanol–water partition coefficient (Wildman–Crippen LogP) is 1.76. The topological polar surface area (TPSA) is 53.5 Å². The number of amidine groups is 1. The summed E-state index contributed by atoms with van der Waals surface area (Å²) in [7, 11) is 0. The van der Waals surface area contributed by atoms with Gasteiger partial charge in [0.2, 0.25) is 5.91 Å². The van der Waals surface area contributed by atoms with E-state index in [9.17, 15) is 4.79 Å². The van der Waals surface area contributed by atoms with Crippen molar-refractivity contribution >= 4 is 22.8 Å². The average molecular weight is 269 g/mol. The number of thioether (sulfide) groups is 1. The lowest BCUT2D eigenvalue weighted by molar-refractivity contribution is -0.119. The van der Waals surface area contributed by atoms with Crippen LogP contribution in [0, 0.1) is 5.41 Å². The molecule has 2 fully saturated rings. The Hall–Kier alpha value is -0.710. The van der Waals surface area contributed by atoms with E-state index in [1.54, 1.807) is 11.8 Å². The molecule has 0 bridgehead atoms. The number of amides is 1. The highest BCUT2D eigenvalue weighted by molar-refractivity contribution is 8.13. The third-order valence-corrected chi connectivity index (χ3v) is 4.26. The second kappa shape index (κ2) is 5.51. The molecule has 1 aliphatic heterocycles. The Bertz CT molecular complexity index is 345. The molecular formula is C13H23N3OS. The van der Waals surface area contributed by atoms with Gasteiger partial charge in [-0.2, -0.15) is 0 Å². The molecule has 4 nitrogen and oxygen atoms in total. The van der Waals surface area contributed by atoms with Gasteiger partial charge < -0.3 is 10.6 Å². The normalized spacial score (nSPS) is 26.8. The second-order valence-corrected chi connectivity index (χ2v) is 7.25. The van der Waals surface area contributed by atoms with Crippen molar-refractivity contribution in [2.24, 2.45) is 10.4 Å². The molecular weight excluding hydrogens is 246 g/mol. The Kier molecular flexibility index (Phi) is 4.20. The maximum absolute atomic E-state index is 11.6. The van der Waals surface area contributed by atoms with Gasteiger partial charge in [0.05, 0.1) is 0 Å². The molecule has 2 aliphatic rings. The lowest BCUT2D eigenvalue weighted by Gasteiger charge is -2.35. The van der Waals surface area contributed by atoms with Crippen LogP contribution in [-0.2, 0) is 4.79 Å². The van der Waals surface area contributed by atoms with E-state index in [1.165, 1.54) is 0 Å². The highest BCUT2D eigenvalue weighted by Gasteiger charge is 2.28. The van der Waals surface area contributed by atoms with Crippen LogP contribution in [0.4, 0.5) is 0 Å². The largest absolute Gasteiger partial charge is 0.362 e. The molecule has 1 aliphatic carbocycles. The molecule has 2 rings (SSSR count). The van der Waals surface area contributed by atoms with Gasteiger partial charge in [0, 0.05) is 17.8 Å². The third kappa shape index (κ3) is 4.19. The standard InChI is InChI=1S/C13H23N3OS/c1-13(2,3)10-6-7-18-12(16-10)14-8-11(17)15-9-4-5-9/h9-10H,4-8H2,1-3H3,(H,14,16)(H,15,17). The highest BCUT2D eigenvalue weighted by atomic mass is 32.2. The van der Waals surface area contributed by atoms with Gasteiger partial charge in [0.25, 0.3) is 0 Å². The van der Waals surface area contributed by atoms with Gasteiger partial charge in [-0.25, -0.2) is 0 Å². The molecule has 5 heteroatoms. The fourth-order valence-electron chi connectivity index (χ4n) is 1.92. The van der Waals surface area contributed by atoms with Crippen molar-refractivity contribution in [3.63, 3.8) is 0 Å². The van der Waals surface area contributed by atoms with Crippen LogP contribution in [0.15, 0.2) is 4.99 Å². The number of rotatable bonds is 3. The molecule has 2 N–H and O–H groups in total. The van der Waals surface area contributed by atoms with Crippen LogP contribution in [0.5, 0.6) is 0 Å². The Morgan fingerprint density at radius 2 is 2.17 bits per heavy atom. The van der Waals surface area contributed by atoms with Crippen molar-refractivity contribution in [2.75, 3.05) is 12.3 Å². The summed E-state index contributed by atoms with van der Waals surface area (Å²) in [5, 5.41) is 7.33. The second-order valence-electron chi connectivity index (χ2n) is 6.16. The molecule has 102 valence electrons. The summed E-state index contributed by atoms with van der Waals surface area (Å²) in [4.78, 5) is 15.9. The molecule has 1 heterocycles. The molecule has 0 radical (unpaired) electrons. The lowest BCUT2D eigenvalue weighted by atomic mass is 9.85. The van der Waals surface area contributed by atoms with Crippen molar-refractivity contribution < 1.29 is 4.79 Å². The Morgan fingerprint density at radius 1 is 1.44 bits per heavy atom. The number of carbonyl (C=O) groups excluding carboxylic acids is 1. The van der Waals surface area contributed by atoms with Gasteiger partial charge in [-0.1, -0.05) is 32.5 Å². The first-order valence-electron chi connectivity index (χ1n) is 6.68. The van der Waals surface area contributed by atoms with E-state index in [4.69, 9.17) is 0 Å². The van der Waals surface area contributed by atoms with Gasteiger partial charge >= 0.3 is 0 Å². The van der Waals surface area contributed by atoms with Crippen molar-refractivity contribution in [3.8, 4) is 0 Å². The Morgan fingerprint density at radius 3 is 2.78 bits per heavy atom. The number of carbonyl (C=O) groups is 1. The summed E-state index contributed by atoms with van der Waals surface area (Å²) in [5.74, 6) is 1.13. The number of nitrogens with one attached hydrogen (secondary N) is 2. The SMILES string of the molecule is CC(C)(C)C1CCSC(=NCC(=O)NC2CC2)N1. The first kappa shape index (κ1) is 13.7. The molecule has 1 unspecified atom stereocenters. The summed E-state index contributed by atoms with van der Waals surface area (Å²) in [6.45, 7) is 6.96. The lowest BCUT2D eigenvalue weighted by Crippen LogP contribution is -2.46. The van der Waals surface area contributed by atoms with Gasteiger partial charge in [0.15, 0.2) is 5.17 Å². The van der Waals surface area contributed by atoms with Gasteiger partial charge in [-0.15, -0.1) is 0 Å². The molecule has 1 saturated heterocycles. The van der Waals surface area contributed by atoms with Crippen molar-refractivity contribution in [1.29, 1.82) is 0 Å². The van der Waals surface area contributed by atoms with Crippen LogP contribution < -0.4 is 10.6 Å². The molecule has 18 heavy (non-hydrogen) atoms. The fourth-order valence-corrected chi connectivity index (χ4v) is 2.85. The fraction of sp³-hybridized carbons (Fsp3) is 0.846. The average Bonchev–Trinajstić information content (AvgIpc) is 3.10. The minimum Gasteiger partial charge on any atom is -0.362 e. The van der Waals surface area contributed by atoms with E-state index in [-0.39, 0.29) is 17.9 Å². The molecule has 0 spiro atoms. The van der Waals surface area contributed by atoms with Gasteiger partial charge in [-0.05, 0) is 24.7 Å². The smallest absolute Gasteiger partial charge is 0.241 e. The van der Waals surface area contributed by atoms with E-state index >= 15 is 0 Å². The summed E-state index contributed by atoms with van der Waals surface area (Å²) in [6.07, 6.45) is 3.41. The number of nitrogens with zero attached hydrogens (tertiary/aromatic N) is 1. The number of aliphatic imine (C=N–C) groups is 1. The van der Waals surface area contributed by atoms with E-state index in [0.717, 1.165) is 30.2 Å². The molecule has 0 aromatic carbocycles. The zero-order valence-electron chi connectivity index (χ0n) is 11.5. The Balaban J connectivity index is 1.81. The highest BCUT2D eigenvalue weighted by Crippen LogP contribution is 2.27. The summed E-state index contributed by atoms with van der Waals surface area (Å²) in [5.41, 5.74) is 0.234. The van der Waals surface area contributed by atoms with Crippen LogP contribution >= 0.6 is 11.8 Å². The zero-order valence-corrected chi connectivity index (χ0v) is 12.3. The molecule has 0 aromatic heterocycles. The van der Waals surface area contributed by atoms with Gasteiger partial charge in [-0.3, -0.25) is 9.79 Å². The first-order chi connectivity index (χ1) is 8.45. The van der Waals surface area contributed by atoms with E-state index < -0.39 is 0 Å². The quantitative estimate of drug-likeness (QED) is 0.821. The summed E-state index contributed by atoms with van der Waals surface area (Å²) in [6, 6.07) is 0.871. The minimum absolute atomic E-state index is 0.0466. The van der Waals surface area contributed by atoms with E-state index in [2.05, 4.69) is 36.4 Å². The molecule has 1 amide bonds. The van der Waals surface area contributed by atoms with Crippen molar-refractivity contribution in [1.82, 2.24) is 10.6 Å². The van der Waals surface area contributed by atoms with Crippen molar-refractivity contribution in [2.45, 2.75) is 52.1 Å². The first-order valence-corrected chi connectivity index (χ1v) is 7.67. The minimum atomic E-state index is 0.0466. The van der Waals surface area contributed by atoms with Crippen LogP contribution in [0.3, 0.4) is 0 Å². The number of hydrogen-bond donors (Lipinski definition) is 2. The summed E-state index contributed by atoms with van der Waals surface area (Å²) < 4.78 is 0. The van der Waals surface area contributed by atoms with E-state index in [1.807, 2.05) is 0 Å². The maximum Gasteiger partial charge on any atom is 0.241 e. The number of hydrogen-bond acceptors (Lipinski definition) is 3. The summed E-state index contributed by atoms with van der Waals surface area (Å²) >= 11 is 1.72. The zero-order chi connectivity index (χ0) is 13.2. The van der Waals surface area contributed by atoms with Crippen LogP contribution in [0.2, 0.25) is 0 Å². The van der Waals surface area contributed by atoms with Gasteiger partial charge in [0.1, 0.15) is 6.54 Å². The third-order valence-electron chi connectivity index (χ3n) is 3.30. The monoisotopic (exact) mass is 269 g/mol. The molecule has 1 saturated carbocycles. The Labute approximate surface area is 113 Å². The van der Waals surface area contributed by atoms with Crippen molar-refractivity contribution in [3.05, 3.63) is 0 Å². The van der Waals surface area contributed by atoms with Crippen LogP contribution in [-0.4, -0.2) is 35.5 Å². The molecule has 0 aromatic rings. The molecule has 1 atom stereocenters. The van der Waals surface area contributed by atoms with Crippen LogP contribution in [0.25, 0.3) is 0 Å². The predicted molar refractivity (Wildman–Crippen MR) is 76.9 cm³/mol. The van der Waals surface area contributed by atoms with E-state index in [0.29, 0.717) is 12.1 Å².